The van der Waals surface area contributed by atoms with E-state index in [-0.39, 0.29) is 12.1 Å². The summed E-state index contributed by atoms with van der Waals surface area (Å²) in [5.74, 6) is 0.882. The van der Waals surface area contributed by atoms with Gasteiger partial charge in [-0.1, -0.05) is 0 Å². The Bertz CT molecular complexity index is 295. The summed E-state index contributed by atoms with van der Waals surface area (Å²) in [6.45, 7) is 6.79. The summed E-state index contributed by atoms with van der Waals surface area (Å²) < 4.78 is 5.31. The predicted octanol–water partition coefficient (Wildman–Crippen LogP) is 2.43. The fourth-order valence-electron chi connectivity index (χ4n) is 2.48. The summed E-state index contributed by atoms with van der Waals surface area (Å²) in [6, 6.07) is 0.664. The van der Waals surface area contributed by atoms with Crippen molar-refractivity contribution >= 4 is 6.09 Å². The van der Waals surface area contributed by atoms with Crippen molar-refractivity contribution in [2.75, 3.05) is 6.54 Å². The van der Waals surface area contributed by atoms with Gasteiger partial charge in [-0.2, -0.15) is 0 Å². The molecule has 0 aromatic rings. The monoisotopic (exact) mass is 254 g/mol. The molecule has 0 aromatic carbocycles. The minimum Gasteiger partial charge on any atom is -0.444 e. The Morgan fingerprint density at radius 2 is 1.83 bits per heavy atom. The molecule has 2 aliphatic rings. The van der Waals surface area contributed by atoms with Gasteiger partial charge in [0.05, 0.1) is 0 Å². The maximum atomic E-state index is 11.7. The summed E-state index contributed by atoms with van der Waals surface area (Å²) in [4.78, 5) is 11.7. The third-order valence-electron chi connectivity index (χ3n) is 3.58. The zero-order valence-corrected chi connectivity index (χ0v) is 11.8. The number of nitrogens with one attached hydrogen (secondary N) is 2. The fraction of sp³-hybridized carbons (Fsp3) is 0.929. The van der Waals surface area contributed by atoms with Crippen LogP contribution in [0.4, 0.5) is 4.79 Å². The molecule has 2 saturated carbocycles. The van der Waals surface area contributed by atoms with E-state index >= 15 is 0 Å². The molecule has 2 atom stereocenters. The first-order valence-corrected chi connectivity index (χ1v) is 7.17. The highest BCUT2D eigenvalue weighted by molar-refractivity contribution is 5.68. The van der Waals surface area contributed by atoms with Crippen molar-refractivity contribution in [2.24, 2.45) is 5.92 Å². The first kappa shape index (κ1) is 13.7. The number of amides is 1. The number of hydrogen-bond acceptors (Lipinski definition) is 3. The molecule has 104 valence electrons. The summed E-state index contributed by atoms with van der Waals surface area (Å²) in [7, 11) is 0. The van der Waals surface area contributed by atoms with Gasteiger partial charge in [-0.15, -0.1) is 0 Å². The van der Waals surface area contributed by atoms with Gasteiger partial charge in [0.25, 0.3) is 0 Å². The summed E-state index contributed by atoms with van der Waals surface area (Å²) >= 11 is 0. The van der Waals surface area contributed by atoms with Gasteiger partial charge < -0.3 is 15.4 Å². The minimum absolute atomic E-state index is 0.235. The maximum Gasteiger partial charge on any atom is 0.407 e. The topological polar surface area (TPSA) is 50.4 Å². The fourth-order valence-corrected chi connectivity index (χ4v) is 2.48. The number of carbonyl (C=O) groups excluding carboxylic acids is 1. The van der Waals surface area contributed by atoms with Crippen LogP contribution in [0.5, 0.6) is 0 Å². The second-order valence-corrected chi connectivity index (χ2v) is 6.64. The van der Waals surface area contributed by atoms with Crippen molar-refractivity contribution in [3.05, 3.63) is 0 Å². The van der Waals surface area contributed by atoms with Gasteiger partial charge in [-0.3, -0.25) is 0 Å². The number of hydrogen-bond donors (Lipinski definition) is 2. The van der Waals surface area contributed by atoms with Crippen LogP contribution in [-0.4, -0.2) is 30.3 Å². The molecule has 2 fully saturated rings. The lowest BCUT2D eigenvalue weighted by molar-refractivity contribution is 0.0498. The van der Waals surface area contributed by atoms with Gasteiger partial charge in [0, 0.05) is 12.1 Å². The van der Waals surface area contributed by atoms with Gasteiger partial charge in [-0.05, 0) is 65.3 Å². The highest BCUT2D eigenvalue weighted by Crippen LogP contribution is 2.29. The molecule has 2 rings (SSSR count). The van der Waals surface area contributed by atoms with Gasteiger partial charge in [0.15, 0.2) is 0 Å². The average molecular weight is 254 g/mol. The molecule has 0 saturated heterocycles. The molecule has 0 aliphatic heterocycles. The Kier molecular flexibility index (Phi) is 4.15. The van der Waals surface area contributed by atoms with E-state index in [4.69, 9.17) is 4.74 Å². The number of rotatable bonds is 4. The minimum atomic E-state index is -0.417. The lowest BCUT2D eigenvalue weighted by atomic mass is 10.1. The van der Waals surface area contributed by atoms with Crippen LogP contribution in [0, 0.1) is 5.92 Å². The van der Waals surface area contributed by atoms with Crippen LogP contribution < -0.4 is 10.6 Å². The summed E-state index contributed by atoms with van der Waals surface area (Å²) in [6.07, 6.45) is 5.85. The van der Waals surface area contributed by atoms with Crippen LogP contribution in [0.15, 0.2) is 0 Å². The van der Waals surface area contributed by atoms with Crippen LogP contribution in [0.1, 0.15) is 52.9 Å². The number of ether oxygens (including phenoxy) is 1. The number of alkyl carbamates (subject to hydrolysis) is 1. The average Bonchev–Trinajstić information content (AvgIpc) is 2.95. The number of carbonyl (C=O) groups is 1. The Hall–Kier alpha value is -0.770. The van der Waals surface area contributed by atoms with Crippen LogP contribution in [0.2, 0.25) is 0 Å². The Balaban J connectivity index is 1.74. The molecular formula is C14H26N2O2. The summed E-state index contributed by atoms with van der Waals surface area (Å²) in [5, 5.41) is 6.60. The van der Waals surface area contributed by atoms with E-state index in [1.54, 1.807) is 0 Å². The second-order valence-electron chi connectivity index (χ2n) is 6.64. The first-order chi connectivity index (χ1) is 8.44. The van der Waals surface area contributed by atoms with Crippen molar-refractivity contribution in [3.63, 3.8) is 0 Å². The lowest BCUT2D eigenvalue weighted by Gasteiger charge is -2.25. The van der Waals surface area contributed by atoms with Crippen LogP contribution >= 0.6 is 0 Å². The first-order valence-electron chi connectivity index (χ1n) is 7.17. The molecule has 0 spiro atoms. The third-order valence-corrected chi connectivity index (χ3v) is 3.58. The zero-order chi connectivity index (χ0) is 13.2. The quantitative estimate of drug-likeness (QED) is 0.810. The molecule has 0 heterocycles. The largest absolute Gasteiger partial charge is 0.444 e. The molecule has 4 heteroatoms. The molecule has 4 nitrogen and oxygen atoms in total. The molecular weight excluding hydrogens is 228 g/mol. The lowest BCUT2D eigenvalue weighted by Crippen LogP contribution is -2.48. The van der Waals surface area contributed by atoms with Crippen molar-refractivity contribution in [3.8, 4) is 0 Å². The predicted molar refractivity (Wildman–Crippen MR) is 71.5 cm³/mol. The van der Waals surface area contributed by atoms with Gasteiger partial charge in [-0.25, -0.2) is 4.79 Å². The van der Waals surface area contributed by atoms with E-state index in [0.717, 1.165) is 25.3 Å². The second kappa shape index (κ2) is 5.47. The van der Waals surface area contributed by atoms with Crippen LogP contribution in [0.3, 0.4) is 0 Å². The van der Waals surface area contributed by atoms with Crippen molar-refractivity contribution < 1.29 is 9.53 Å². The van der Waals surface area contributed by atoms with E-state index < -0.39 is 5.60 Å². The van der Waals surface area contributed by atoms with Gasteiger partial charge in [0.1, 0.15) is 5.60 Å². The maximum absolute atomic E-state index is 11.7. The van der Waals surface area contributed by atoms with Crippen molar-refractivity contribution in [1.82, 2.24) is 10.6 Å². The van der Waals surface area contributed by atoms with Crippen molar-refractivity contribution in [2.45, 2.75) is 70.6 Å². The summed E-state index contributed by atoms with van der Waals surface area (Å²) in [5.41, 5.74) is -0.417. The Morgan fingerprint density at radius 3 is 2.44 bits per heavy atom. The highest BCUT2D eigenvalue weighted by atomic mass is 16.6. The third kappa shape index (κ3) is 4.48. The molecule has 0 aromatic heterocycles. The zero-order valence-electron chi connectivity index (χ0n) is 11.8. The standard InChI is InChI=1S/C14H26N2O2/c1-14(2,3)18-13(17)16-12-6-4-5-11(12)15-9-10-7-8-10/h10-12,15H,4-9H2,1-3H3,(H,16,17). The van der Waals surface area contributed by atoms with Gasteiger partial charge >= 0.3 is 6.09 Å². The molecule has 0 radical (unpaired) electrons. The molecule has 2 aliphatic carbocycles. The van der Waals surface area contributed by atoms with Crippen LogP contribution in [0.25, 0.3) is 0 Å². The molecule has 1 amide bonds. The smallest absolute Gasteiger partial charge is 0.407 e. The van der Waals surface area contributed by atoms with Crippen molar-refractivity contribution in [1.29, 1.82) is 0 Å². The Labute approximate surface area is 110 Å². The van der Waals surface area contributed by atoms with E-state index in [1.165, 1.54) is 19.3 Å². The molecule has 2 N–H and O–H groups in total. The molecule has 18 heavy (non-hydrogen) atoms. The SMILES string of the molecule is CC(C)(C)OC(=O)NC1CCCC1NCC1CC1. The normalized spacial score (nSPS) is 28.2. The van der Waals surface area contributed by atoms with Gasteiger partial charge in [0.2, 0.25) is 0 Å². The highest BCUT2D eigenvalue weighted by Gasteiger charge is 2.31. The molecule has 2 unspecified atom stereocenters. The van der Waals surface area contributed by atoms with E-state index in [9.17, 15) is 4.79 Å². The van der Waals surface area contributed by atoms with Crippen LogP contribution in [-0.2, 0) is 4.74 Å². The molecule has 0 bridgehead atoms. The van der Waals surface area contributed by atoms with E-state index in [0.29, 0.717) is 6.04 Å². The van der Waals surface area contributed by atoms with E-state index in [2.05, 4.69) is 10.6 Å². The van der Waals surface area contributed by atoms with E-state index in [1.807, 2.05) is 20.8 Å². The Morgan fingerprint density at radius 1 is 1.17 bits per heavy atom.